The van der Waals surface area contributed by atoms with Crippen molar-refractivity contribution in [2.45, 2.75) is 6.92 Å². The highest BCUT2D eigenvalue weighted by Crippen LogP contribution is 2.44. The van der Waals surface area contributed by atoms with Gasteiger partial charge in [-0.2, -0.15) is 0 Å². The molecule has 0 aromatic heterocycles. The summed E-state index contributed by atoms with van der Waals surface area (Å²) in [5.74, 6) is -0.320. The van der Waals surface area contributed by atoms with E-state index in [0.29, 0.717) is 5.56 Å². The summed E-state index contributed by atoms with van der Waals surface area (Å²) in [5.41, 5.74) is 5.75. The van der Waals surface area contributed by atoms with Crippen molar-refractivity contribution in [3.63, 3.8) is 0 Å². The number of fused-ring (bicyclic) bond motifs is 2. The van der Waals surface area contributed by atoms with E-state index in [1.807, 2.05) is 0 Å². The zero-order valence-corrected chi connectivity index (χ0v) is 7.96. The van der Waals surface area contributed by atoms with Crippen LogP contribution in [0.3, 0.4) is 0 Å². The van der Waals surface area contributed by atoms with Gasteiger partial charge >= 0.3 is 10.4 Å². The summed E-state index contributed by atoms with van der Waals surface area (Å²) >= 11 is 0. The highest BCUT2D eigenvalue weighted by atomic mass is 32.3. The minimum Gasteiger partial charge on any atom is -0.505 e. The average Bonchev–Trinajstić information content (AvgIpc) is 2.06. The van der Waals surface area contributed by atoms with Crippen molar-refractivity contribution in [3.8, 4) is 17.2 Å². The van der Waals surface area contributed by atoms with E-state index in [-0.39, 0.29) is 22.9 Å². The molecule has 0 amide bonds. The Labute approximate surface area is 80.2 Å². The molecule has 0 saturated heterocycles. The molecule has 1 aliphatic rings. The summed E-state index contributed by atoms with van der Waals surface area (Å²) in [6.45, 7) is 1.58. The zero-order chi connectivity index (χ0) is 10.5. The molecule has 0 atom stereocenters. The Hall–Kier alpha value is -1.63. The first-order valence-corrected chi connectivity index (χ1v) is 5.00. The fraction of sp³-hybridized carbons (Fsp3) is 0.143. The van der Waals surface area contributed by atoms with Crippen LogP contribution < -0.4 is 14.1 Å². The Balaban J connectivity index is 2.76. The van der Waals surface area contributed by atoms with Gasteiger partial charge in [-0.3, -0.25) is 0 Å². The molecule has 2 bridgehead atoms. The van der Waals surface area contributed by atoms with Gasteiger partial charge in [0.1, 0.15) is 11.4 Å². The molecule has 14 heavy (non-hydrogen) atoms. The fourth-order valence-electron chi connectivity index (χ4n) is 1.16. The van der Waals surface area contributed by atoms with Crippen molar-refractivity contribution in [1.29, 1.82) is 0 Å². The lowest BCUT2D eigenvalue weighted by molar-refractivity contribution is 0.370. The van der Waals surface area contributed by atoms with Gasteiger partial charge in [-0.1, -0.05) is 0 Å². The van der Waals surface area contributed by atoms with Gasteiger partial charge < -0.3 is 19.2 Å². The number of hydrogen-bond acceptors (Lipinski definition) is 6. The molecule has 7 heteroatoms. The molecule has 6 nitrogen and oxygen atoms in total. The van der Waals surface area contributed by atoms with Crippen LogP contribution in [0.2, 0.25) is 0 Å². The van der Waals surface area contributed by atoms with Gasteiger partial charge in [-0.15, -0.1) is 8.42 Å². The number of phenolic OH excluding ortho intramolecular Hbond substituents is 1. The predicted octanol–water partition coefficient (Wildman–Crippen LogP) is 0.299. The van der Waals surface area contributed by atoms with Gasteiger partial charge in [-0.25, -0.2) is 0 Å². The van der Waals surface area contributed by atoms with Gasteiger partial charge in [0.25, 0.3) is 0 Å². The fourth-order valence-corrected chi connectivity index (χ4v) is 2.01. The number of phenols is 1. The highest BCUT2D eigenvalue weighted by Gasteiger charge is 2.29. The molecule has 0 radical (unpaired) electrons. The first kappa shape index (κ1) is 8.95. The third kappa shape index (κ3) is 1.13. The number of nitrogens with two attached hydrogens (primary N) is 1. The molecule has 0 saturated carbocycles. The lowest BCUT2D eigenvalue weighted by Crippen LogP contribution is -2.22. The second-order valence-electron chi connectivity index (χ2n) is 2.84. The van der Waals surface area contributed by atoms with Crippen LogP contribution in [0, 0.1) is 6.92 Å². The van der Waals surface area contributed by atoms with E-state index in [2.05, 4.69) is 8.37 Å². The Morgan fingerprint density at radius 3 is 2.71 bits per heavy atom. The Kier molecular flexibility index (Phi) is 1.56. The van der Waals surface area contributed by atoms with E-state index in [9.17, 15) is 13.5 Å². The maximum Gasteiger partial charge on any atom is 0.501 e. The smallest absolute Gasteiger partial charge is 0.501 e. The average molecular weight is 217 g/mol. The minimum atomic E-state index is -4.08. The highest BCUT2D eigenvalue weighted by molar-refractivity contribution is 7.82. The first-order chi connectivity index (χ1) is 6.41. The molecule has 1 aromatic rings. The van der Waals surface area contributed by atoms with Gasteiger partial charge in [-0.05, 0) is 6.92 Å². The SMILES string of the molecule is Cc1c2cc(O)c(N)c1OS(=O)(=O)O2. The summed E-state index contributed by atoms with van der Waals surface area (Å²) in [7, 11) is -4.08. The third-order valence-corrected chi connectivity index (χ3v) is 2.63. The van der Waals surface area contributed by atoms with Crippen LogP contribution in [-0.4, -0.2) is 13.5 Å². The summed E-state index contributed by atoms with van der Waals surface area (Å²) in [6, 6.07) is 1.13. The minimum absolute atomic E-state index is 0.0259. The quantitative estimate of drug-likeness (QED) is 0.479. The predicted molar refractivity (Wildman–Crippen MR) is 47.4 cm³/mol. The van der Waals surface area contributed by atoms with Crippen LogP contribution in [0.25, 0.3) is 0 Å². The van der Waals surface area contributed by atoms with E-state index < -0.39 is 10.4 Å². The number of rotatable bonds is 0. The summed E-state index contributed by atoms with van der Waals surface area (Å²) < 4.78 is 30.9. The summed E-state index contributed by atoms with van der Waals surface area (Å²) in [4.78, 5) is 0. The van der Waals surface area contributed by atoms with Crippen LogP contribution >= 0.6 is 0 Å². The van der Waals surface area contributed by atoms with Crippen molar-refractivity contribution >= 4 is 16.1 Å². The molecule has 0 unspecified atom stereocenters. The largest absolute Gasteiger partial charge is 0.505 e. The molecular formula is C7H7NO5S. The van der Waals surface area contributed by atoms with E-state index in [1.54, 1.807) is 6.92 Å². The number of benzene rings is 1. The molecule has 3 N–H and O–H groups in total. The first-order valence-electron chi connectivity index (χ1n) is 3.66. The van der Waals surface area contributed by atoms with E-state index in [0.717, 1.165) is 6.07 Å². The van der Waals surface area contributed by atoms with Crippen LogP contribution in [0.15, 0.2) is 6.07 Å². The van der Waals surface area contributed by atoms with Crippen LogP contribution in [0.5, 0.6) is 17.2 Å². The maximum atomic E-state index is 11.0. The lowest BCUT2D eigenvalue weighted by Gasteiger charge is -2.20. The molecule has 0 aliphatic carbocycles. The number of nitrogen functional groups attached to an aromatic ring is 1. The standard InChI is InChI=1S/C7H7NO5S/c1-3-5-2-4(9)6(8)7(3)13-14(10,11)12-5/h2,9H,8H2,1H3. The van der Waals surface area contributed by atoms with Gasteiger partial charge in [0, 0.05) is 11.6 Å². The van der Waals surface area contributed by atoms with Crippen LogP contribution in [-0.2, 0) is 10.4 Å². The Bertz CT molecular complexity index is 501. The molecule has 0 spiro atoms. The van der Waals surface area contributed by atoms with Crippen molar-refractivity contribution in [2.75, 3.05) is 5.73 Å². The van der Waals surface area contributed by atoms with Crippen LogP contribution in [0.4, 0.5) is 5.69 Å². The molecule has 1 aromatic carbocycles. The molecular weight excluding hydrogens is 210 g/mol. The van der Waals surface area contributed by atoms with Gasteiger partial charge in [0.2, 0.25) is 0 Å². The Morgan fingerprint density at radius 1 is 1.43 bits per heavy atom. The lowest BCUT2D eigenvalue weighted by atomic mass is 10.1. The molecule has 2 rings (SSSR count). The second-order valence-corrected chi connectivity index (χ2v) is 3.99. The van der Waals surface area contributed by atoms with Gasteiger partial charge in [0.05, 0.1) is 0 Å². The molecule has 76 valence electrons. The van der Waals surface area contributed by atoms with Crippen molar-refractivity contribution < 1.29 is 21.9 Å². The third-order valence-electron chi connectivity index (χ3n) is 1.88. The van der Waals surface area contributed by atoms with Crippen molar-refractivity contribution in [1.82, 2.24) is 0 Å². The Morgan fingerprint density at radius 2 is 2.07 bits per heavy atom. The summed E-state index contributed by atoms with van der Waals surface area (Å²) in [5, 5.41) is 9.26. The monoisotopic (exact) mass is 217 g/mol. The van der Waals surface area contributed by atoms with E-state index in [1.165, 1.54) is 0 Å². The zero-order valence-electron chi connectivity index (χ0n) is 7.14. The van der Waals surface area contributed by atoms with E-state index >= 15 is 0 Å². The van der Waals surface area contributed by atoms with Gasteiger partial charge in [0.15, 0.2) is 11.5 Å². The number of aromatic hydroxyl groups is 1. The normalized spacial score (nSPS) is 16.9. The molecule has 0 fully saturated rings. The second kappa shape index (κ2) is 2.44. The summed E-state index contributed by atoms with van der Waals surface area (Å²) in [6.07, 6.45) is 0. The van der Waals surface area contributed by atoms with E-state index in [4.69, 9.17) is 5.73 Å². The molecule has 1 heterocycles. The number of hydrogen-bond donors (Lipinski definition) is 2. The topological polar surface area (TPSA) is 98.9 Å². The molecule has 1 aliphatic heterocycles. The van der Waals surface area contributed by atoms with Crippen molar-refractivity contribution in [2.24, 2.45) is 0 Å². The van der Waals surface area contributed by atoms with Crippen LogP contribution in [0.1, 0.15) is 5.56 Å². The number of anilines is 1. The maximum absolute atomic E-state index is 11.0. The van der Waals surface area contributed by atoms with Crippen molar-refractivity contribution in [3.05, 3.63) is 11.6 Å².